The highest BCUT2D eigenvalue weighted by atomic mass is 79.9. The first-order chi connectivity index (χ1) is 7.35. The molecule has 1 N–H and O–H groups in total. The van der Waals surface area contributed by atoms with Crippen molar-refractivity contribution in [2.75, 3.05) is 11.9 Å². The number of rotatable bonds is 2. The molecule has 0 saturated carbocycles. The monoisotopic (exact) mass is 267 g/mol. The van der Waals surface area contributed by atoms with E-state index >= 15 is 0 Å². The van der Waals surface area contributed by atoms with Crippen LogP contribution in [0.25, 0.3) is 0 Å². The number of alkyl halides is 1. The van der Waals surface area contributed by atoms with Gasteiger partial charge < -0.3 is 5.32 Å². The van der Waals surface area contributed by atoms with Crippen molar-refractivity contribution in [1.82, 2.24) is 5.32 Å². The minimum atomic E-state index is 0.477. The smallest absolute Gasteiger partial charge is 0.103 e. The van der Waals surface area contributed by atoms with Crippen LogP contribution in [0.1, 0.15) is 25.7 Å². The summed E-state index contributed by atoms with van der Waals surface area (Å²) in [6, 6.07) is 2.78. The molecule has 0 aromatic heterocycles. The van der Waals surface area contributed by atoms with E-state index in [1.807, 2.05) is 0 Å². The minimum Gasteiger partial charge on any atom is -0.384 e. The maximum Gasteiger partial charge on any atom is 0.103 e. The van der Waals surface area contributed by atoms with Gasteiger partial charge in [-0.2, -0.15) is 5.26 Å². The van der Waals surface area contributed by atoms with E-state index in [-0.39, 0.29) is 0 Å². The van der Waals surface area contributed by atoms with Crippen LogP contribution >= 0.6 is 15.9 Å². The van der Waals surface area contributed by atoms with Crippen molar-refractivity contribution in [2.45, 2.75) is 31.7 Å². The molecule has 0 bridgehead atoms. The summed E-state index contributed by atoms with van der Waals surface area (Å²) in [4.78, 5) is 4.39. The standard InChI is InChI=1S/C11H14BrN3/c12-6-8-3-4-11(15-8)9(7-13)10-2-1-5-14-10/h8,15H,1-6H2/b11-9-/t8-/m0/s1. The summed E-state index contributed by atoms with van der Waals surface area (Å²) in [5.74, 6) is 0. The van der Waals surface area contributed by atoms with Gasteiger partial charge in [0.25, 0.3) is 0 Å². The molecule has 0 unspecified atom stereocenters. The first kappa shape index (κ1) is 10.7. The third-order valence-electron chi connectivity index (χ3n) is 2.88. The lowest BCUT2D eigenvalue weighted by atomic mass is 10.1. The predicted octanol–water partition coefficient (Wildman–Crippen LogP) is 2.15. The van der Waals surface area contributed by atoms with E-state index in [0.29, 0.717) is 6.04 Å². The van der Waals surface area contributed by atoms with Gasteiger partial charge in [-0.25, -0.2) is 0 Å². The summed E-state index contributed by atoms with van der Waals surface area (Å²) < 4.78 is 0. The average Bonchev–Trinajstić information content (AvgIpc) is 2.89. The van der Waals surface area contributed by atoms with Gasteiger partial charge in [-0.3, -0.25) is 4.99 Å². The second-order valence-corrected chi connectivity index (χ2v) is 4.58. The zero-order valence-electron chi connectivity index (χ0n) is 8.59. The molecule has 0 spiro atoms. The van der Waals surface area contributed by atoms with E-state index in [1.54, 1.807) is 0 Å². The Balaban J connectivity index is 2.19. The number of aliphatic imine (C=N–C) groups is 1. The highest BCUT2D eigenvalue weighted by molar-refractivity contribution is 9.09. The van der Waals surface area contributed by atoms with Crippen LogP contribution in [0.3, 0.4) is 0 Å². The Morgan fingerprint density at radius 3 is 3.00 bits per heavy atom. The lowest BCUT2D eigenvalue weighted by Gasteiger charge is -2.08. The molecular weight excluding hydrogens is 254 g/mol. The van der Waals surface area contributed by atoms with Crippen molar-refractivity contribution in [3.05, 3.63) is 11.3 Å². The molecule has 2 rings (SSSR count). The molecule has 0 radical (unpaired) electrons. The SMILES string of the molecule is N#C/C(C1=NCCC1)=C1\CC[C@@H](CBr)N1. The van der Waals surface area contributed by atoms with Crippen LogP contribution in [0.4, 0.5) is 0 Å². The zero-order valence-corrected chi connectivity index (χ0v) is 10.2. The van der Waals surface area contributed by atoms with Crippen LogP contribution in [-0.2, 0) is 0 Å². The summed E-state index contributed by atoms with van der Waals surface area (Å²) in [5, 5.41) is 13.5. The Morgan fingerprint density at radius 2 is 2.47 bits per heavy atom. The van der Waals surface area contributed by atoms with Gasteiger partial charge in [-0.1, -0.05) is 15.9 Å². The fourth-order valence-electron chi connectivity index (χ4n) is 2.07. The van der Waals surface area contributed by atoms with Crippen LogP contribution in [-0.4, -0.2) is 23.6 Å². The number of nitrogens with one attached hydrogen (secondary N) is 1. The van der Waals surface area contributed by atoms with Crippen LogP contribution < -0.4 is 5.32 Å². The molecule has 80 valence electrons. The largest absolute Gasteiger partial charge is 0.384 e. The van der Waals surface area contributed by atoms with E-state index < -0.39 is 0 Å². The van der Waals surface area contributed by atoms with Crippen LogP contribution in [0.15, 0.2) is 16.3 Å². The van der Waals surface area contributed by atoms with Crippen molar-refractivity contribution < 1.29 is 0 Å². The Morgan fingerprint density at radius 1 is 1.60 bits per heavy atom. The minimum absolute atomic E-state index is 0.477. The Kier molecular flexibility index (Phi) is 3.42. The van der Waals surface area contributed by atoms with Crippen molar-refractivity contribution in [1.29, 1.82) is 5.26 Å². The summed E-state index contributed by atoms with van der Waals surface area (Å²) in [6.45, 7) is 0.885. The van der Waals surface area contributed by atoms with Gasteiger partial charge in [0.2, 0.25) is 0 Å². The van der Waals surface area contributed by atoms with Crippen molar-refractivity contribution in [2.24, 2.45) is 4.99 Å². The molecular formula is C11H14BrN3. The highest BCUT2D eigenvalue weighted by Gasteiger charge is 2.23. The first-order valence-electron chi connectivity index (χ1n) is 5.34. The number of halogens is 1. The summed E-state index contributed by atoms with van der Waals surface area (Å²) >= 11 is 3.46. The maximum atomic E-state index is 9.17. The van der Waals surface area contributed by atoms with Gasteiger partial charge >= 0.3 is 0 Å². The van der Waals surface area contributed by atoms with Crippen molar-refractivity contribution in [3.8, 4) is 6.07 Å². The molecule has 0 aromatic rings. The molecule has 0 aromatic carbocycles. The van der Waals surface area contributed by atoms with E-state index in [2.05, 4.69) is 32.3 Å². The molecule has 2 aliphatic heterocycles. The fourth-order valence-corrected chi connectivity index (χ4v) is 2.56. The van der Waals surface area contributed by atoms with Gasteiger partial charge in [-0.15, -0.1) is 0 Å². The van der Waals surface area contributed by atoms with Crippen molar-refractivity contribution in [3.63, 3.8) is 0 Å². The lowest BCUT2D eigenvalue weighted by Crippen LogP contribution is -2.23. The molecule has 1 atom stereocenters. The second kappa shape index (κ2) is 4.80. The second-order valence-electron chi connectivity index (χ2n) is 3.93. The van der Waals surface area contributed by atoms with Gasteiger partial charge in [0.1, 0.15) is 6.07 Å². The molecule has 1 fully saturated rings. The average molecular weight is 268 g/mol. The fraction of sp³-hybridized carbons (Fsp3) is 0.636. The maximum absolute atomic E-state index is 9.17. The number of nitriles is 1. The Labute approximate surface area is 98.4 Å². The van der Waals surface area contributed by atoms with Gasteiger partial charge in [-0.05, 0) is 25.7 Å². The molecule has 2 heterocycles. The van der Waals surface area contributed by atoms with Crippen LogP contribution in [0.2, 0.25) is 0 Å². The number of hydrogen-bond acceptors (Lipinski definition) is 3. The van der Waals surface area contributed by atoms with Gasteiger partial charge in [0.15, 0.2) is 0 Å². The topological polar surface area (TPSA) is 48.2 Å². The molecule has 1 saturated heterocycles. The van der Waals surface area contributed by atoms with E-state index in [9.17, 15) is 0 Å². The first-order valence-corrected chi connectivity index (χ1v) is 6.46. The Hall–Kier alpha value is -0.820. The molecule has 3 nitrogen and oxygen atoms in total. The highest BCUT2D eigenvalue weighted by Crippen LogP contribution is 2.23. The normalized spacial score (nSPS) is 28.3. The third-order valence-corrected chi connectivity index (χ3v) is 3.67. The predicted molar refractivity (Wildman–Crippen MR) is 64.1 cm³/mol. The Bertz CT molecular complexity index is 351. The van der Waals surface area contributed by atoms with Crippen LogP contribution in [0.5, 0.6) is 0 Å². The quantitative estimate of drug-likeness (QED) is 0.616. The van der Waals surface area contributed by atoms with E-state index in [4.69, 9.17) is 5.26 Å². The molecule has 0 amide bonds. The van der Waals surface area contributed by atoms with Crippen molar-refractivity contribution >= 4 is 21.6 Å². The van der Waals surface area contributed by atoms with E-state index in [1.165, 1.54) is 0 Å². The number of allylic oxidation sites excluding steroid dienone is 2. The third kappa shape index (κ3) is 2.23. The summed E-state index contributed by atoms with van der Waals surface area (Å²) in [7, 11) is 0. The molecule has 4 heteroatoms. The molecule has 0 aliphatic carbocycles. The summed E-state index contributed by atoms with van der Waals surface area (Å²) in [5.41, 5.74) is 2.91. The van der Waals surface area contributed by atoms with Crippen LogP contribution in [0, 0.1) is 11.3 Å². The number of nitrogens with zero attached hydrogens (tertiary/aromatic N) is 2. The zero-order chi connectivity index (χ0) is 10.7. The lowest BCUT2D eigenvalue weighted by molar-refractivity contribution is 0.694. The summed E-state index contributed by atoms with van der Waals surface area (Å²) in [6.07, 6.45) is 4.15. The molecule has 2 aliphatic rings. The van der Waals surface area contributed by atoms with Gasteiger partial charge in [0, 0.05) is 23.6 Å². The molecule has 15 heavy (non-hydrogen) atoms. The van der Waals surface area contributed by atoms with Gasteiger partial charge in [0.05, 0.1) is 11.3 Å². The number of hydrogen-bond donors (Lipinski definition) is 1. The van der Waals surface area contributed by atoms with E-state index in [0.717, 1.165) is 54.5 Å².